The molecule has 0 aromatic heterocycles. The monoisotopic (exact) mass is 516 g/mol. The molecule has 1 aromatic rings. The third-order valence-corrected chi connectivity index (χ3v) is 4.82. The Bertz CT molecular complexity index is 870. The van der Waals surface area contributed by atoms with Crippen molar-refractivity contribution in [3.8, 4) is 5.75 Å². The molecule has 32 heavy (non-hydrogen) atoms. The summed E-state index contributed by atoms with van der Waals surface area (Å²) in [5, 5.41) is 0. The number of hydrogen-bond donors (Lipinski definition) is 0. The highest BCUT2D eigenvalue weighted by atomic mass is 79.9. The second-order valence-electron chi connectivity index (χ2n) is 7.10. The van der Waals surface area contributed by atoms with Crippen molar-refractivity contribution in [2.75, 3.05) is 6.61 Å². The standard InChI is InChI=1S/C21H25BrO10/c1-10-8-15(22)6-7-16(10)31-21-20(30-14(5)26)19(29-13(4)25)18(28-12(3)24)17(32-21)9-27-11(2)23/h6-8,17-21H,9H2,1-5H3/t17-,18+,19-,20+,21-/m0/s1. The summed E-state index contributed by atoms with van der Waals surface area (Å²) in [6.45, 7) is 6.15. The van der Waals surface area contributed by atoms with Gasteiger partial charge < -0.3 is 28.4 Å². The number of ether oxygens (including phenoxy) is 6. The second kappa shape index (κ2) is 11.3. The number of rotatable bonds is 7. The van der Waals surface area contributed by atoms with Gasteiger partial charge in [0.25, 0.3) is 0 Å². The zero-order chi connectivity index (χ0) is 24.0. The highest BCUT2D eigenvalue weighted by Crippen LogP contribution is 2.32. The lowest BCUT2D eigenvalue weighted by Gasteiger charge is -2.44. The molecule has 0 amide bonds. The van der Waals surface area contributed by atoms with Crippen molar-refractivity contribution in [2.45, 2.75) is 65.3 Å². The molecular weight excluding hydrogens is 492 g/mol. The van der Waals surface area contributed by atoms with E-state index in [0.717, 1.165) is 23.9 Å². The average molecular weight is 517 g/mol. The van der Waals surface area contributed by atoms with Crippen LogP contribution < -0.4 is 4.74 Å². The molecule has 1 aliphatic rings. The molecule has 1 saturated heterocycles. The number of carbonyl (C=O) groups is 4. The number of esters is 4. The molecule has 1 heterocycles. The van der Waals surface area contributed by atoms with Crippen molar-refractivity contribution < 1.29 is 47.6 Å². The molecule has 0 saturated carbocycles. The largest absolute Gasteiger partial charge is 0.463 e. The molecule has 0 spiro atoms. The van der Waals surface area contributed by atoms with Crippen molar-refractivity contribution in [1.82, 2.24) is 0 Å². The zero-order valence-corrected chi connectivity index (χ0v) is 19.9. The predicted molar refractivity (Wildman–Crippen MR) is 111 cm³/mol. The third-order valence-electron chi connectivity index (χ3n) is 4.33. The minimum Gasteiger partial charge on any atom is -0.463 e. The summed E-state index contributed by atoms with van der Waals surface area (Å²) in [5.74, 6) is -2.29. The summed E-state index contributed by atoms with van der Waals surface area (Å²) in [6, 6.07) is 5.22. The molecule has 1 aliphatic heterocycles. The molecule has 0 unspecified atom stereocenters. The van der Waals surface area contributed by atoms with Gasteiger partial charge in [0.05, 0.1) is 0 Å². The van der Waals surface area contributed by atoms with Gasteiger partial charge in [-0.15, -0.1) is 0 Å². The molecule has 5 atom stereocenters. The Morgan fingerprint density at radius 3 is 1.97 bits per heavy atom. The van der Waals surface area contributed by atoms with Gasteiger partial charge in [-0.05, 0) is 30.7 Å². The first-order valence-corrected chi connectivity index (χ1v) is 10.5. The Hall–Kier alpha value is -2.66. The Labute approximate surface area is 193 Å². The molecule has 0 radical (unpaired) electrons. The molecule has 1 fully saturated rings. The van der Waals surface area contributed by atoms with Crippen LogP contribution in [-0.2, 0) is 42.9 Å². The van der Waals surface area contributed by atoms with Gasteiger partial charge >= 0.3 is 23.9 Å². The molecular formula is C21H25BrO10. The molecule has 11 heteroatoms. The summed E-state index contributed by atoms with van der Waals surface area (Å²) in [5.41, 5.74) is 0.743. The Balaban J connectivity index is 2.47. The van der Waals surface area contributed by atoms with Crippen LogP contribution in [0.25, 0.3) is 0 Å². The number of benzene rings is 1. The quantitative estimate of drug-likeness (QED) is 0.393. The van der Waals surface area contributed by atoms with Crippen molar-refractivity contribution in [3.05, 3.63) is 28.2 Å². The fourth-order valence-corrected chi connectivity index (χ4v) is 3.63. The number of carbonyl (C=O) groups excluding carboxylic acids is 4. The lowest BCUT2D eigenvalue weighted by atomic mass is 9.98. The van der Waals surface area contributed by atoms with Crippen LogP contribution in [0.2, 0.25) is 0 Å². The normalized spacial score (nSPS) is 24.8. The SMILES string of the molecule is CC(=O)OC[C@@H]1O[C@H](Oc2ccc(Br)cc2C)[C@H](OC(C)=O)[C@@H](OC(C)=O)[C@@H]1OC(C)=O. The molecule has 0 N–H and O–H groups in total. The van der Waals surface area contributed by atoms with E-state index in [1.54, 1.807) is 25.1 Å². The first kappa shape index (κ1) is 25.6. The fourth-order valence-electron chi connectivity index (χ4n) is 3.15. The van der Waals surface area contributed by atoms with E-state index in [4.69, 9.17) is 28.4 Å². The number of aryl methyl sites for hydroxylation is 1. The van der Waals surface area contributed by atoms with Crippen LogP contribution in [0.3, 0.4) is 0 Å². The molecule has 2 rings (SSSR count). The highest BCUT2D eigenvalue weighted by Gasteiger charge is 2.53. The van der Waals surface area contributed by atoms with Crippen molar-refractivity contribution >= 4 is 39.8 Å². The van der Waals surface area contributed by atoms with Gasteiger partial charge in [0.2, 0.25) is 12.4 Å². The van der Waals surface area contributed by atoms with Gasteiger partial charge in [-0.1, -0.05) is 15.9 Å². The van der Waals surface area contributed by atoms with E-state index in [1.165, 1.54) is 13.8 Å². The van der Waals surface area contributed by atoms with Gasteiger partial charge in [-0.2, -0.15) is 0 Å². The first-order valence-electron chi connectivity index (χ1n) is 9.71. The third kappa shape index (κ3) is 7.20. The molecule has 1 aromatic carbocycles. The summed E-state index contributed by atoms with van der Waals surface area (Å²) in [6.07, 6.45) is -6.13. The van der Waals surface area contributed by atoms with Gasteiger partial charge in [-0.25, -0.2) is 0 Å². The Kier molecular flexibility index (Phi) is 9.02. The maximum atomic E-state index is 11.8. The zero-order valence-electron chi connectivity index (χ0n) is 18.3. The van der Waals surface area contributed by atoms with Crippen molar-refractivity contribution in [3.63, 3.8) is 0 Å². The maximum absolute atomic E-state index is 11.8. The summed E-state index contributed by atoms with van der Waals surface area (Å²) in [7, 11) is 0. The van der Waals surface area contributed by atoms with Crippen LogP contribution in [0.1, 0.15) is 33.3 Å². The van der Waals surface area contributed by atoms with Gasteiger partial charge in [0, 0.05) is 32.2 Å². The van der Waals surface area contributed by atoms with Gasteiger partial charge in [0.15, 0.2) is 12.2 Å². The minimum atomic E-state index is -1.28. The van der Waals surface area contributed by atoms with E-state index in [1.807, 2.05) is 0 Å². The van der Waals surface area contributed by atoms with Crippen molar-refractivity contribution in [1.29, 1.82) is 0 Å². The Morgan fingerprint density at radius 1 is 0.875 bits per heavy atom. The molecule has 0 aliphatic carbocycles. The lowest BCUT2D eigenvalue weighted by Crippen LogP contribution is -2.63. The van der Waals surface area contributed by atoms with Crippen LogP contribution in [0, 0.1) is 6.92 Å². The van der Waals surface area contributed by atoms with E-state index in [0.29, 0.717) is 5.75 Å². The van der Waals surface area contributed by atoms with E-state index in [2.05, 4.69) is 15.9 Å². The summed E-state index contributed by atoms with van der Waals surface area (Å²) < 4.78 is 33.8. The van der Waals surface area contributed by atoms with Crippen LogP contribution >= 0.6 is 15.9 Å². The van der Waals surface area contributed by atoms with Crippen LogP contribution in [0.4, 0.5) is 0 Å². The maximum Gasteiger partial charge on any atom is 0.303 e. The van der Waals surface area contributed by atoms with E-state index in [-0.39, 0.29) is 6.61 Å². The number of halogens is 1. The first-order chi connectivity index (χ1) is 15.0. The molecule has 10 nitrogen and oxygen atoms in total. The van der Waals surface area contributed by atoms with Crippen molar-refractivity contribution in [2.24, 2.45) is 0 Å². The molecule has 176 valence electrons. The van der Waals surface area contributed by atoms with Gasteiger partial charge in [-0.3, -0.25) is 19.2 Å². The molecule has 0 bridgehead atoms. The van der Waals surface area contributed by atoms with Gasteiger partial charge in [0.1, 0.15) is 18.5 Å². The fraction of sp³-hybridized carbons (Fsp3) is 0.524. The smallest absolute Gasteiger partial charge is 0.303 e. The second-order valence-corrected chi connectivity index (χ2v) is 8.01. The topological polar surface area (TPSA) is 124 Å². The Morgan fingerprint density at radius 2 is 1.44 bits per heavy atom. The van der Waals surface area contributed by atoms with E-state index < -0.39 is 54.6 Å². The minimum absolute atomic E-state index is 0.322. The van der Waals surface area contributed by atoms with Crippen LogP contribution in [-0.4, -0.2) is 61.2 Å². The summed E-state index contributed by atoms with van der Waals surface area (Å²) in [4.78, 5) is 46.7. The van der Waals surface area contributed by atoms with E-state index in [9.17, 15) is 19.2 Å². The predicted octanol–water partition coefficient (Wildman–Crippen LogP) is 2.22. The van der Waals surface area contributed by atoms with Crippen LogP contribution in [0.5, 0.6) is 5.75 Å². The van der Waals surface area contributed by atoms with E-state index >= 15 is 0 Å². The van der Waals surface area contributed by atoms with Crippen LogP contribution in [0.15, 0.2) is 22.7 Å². The lowest BCUT2D eigenvalue weighted by molar-refractivity contribution is -0.288. The number of hydrogen-bond acceptors (Lipinski definition) is 10. The highest BCUT2D eigenvalue weighted by molar-refractivity contribution is 9.10. The average Bonchev–Trinajstić information content (AvgIpc) is 2.65. The summed E-state index contributed by atoms with van der Waals surface area (Å²) >= 11 is 3.37.